The quantitative estimate of drug-likeness (QED) is 0.381. The van der Waals surface area contributed by atoms with Crippen LogP contribution >= 0.6 is 0 Å². The van der Waals surface area contributed by atoms with Crippen molar-refractivity contribution in [3.63, 3.8) is 0 Å². The fourth-order valence-electron chi connectivity index (χ4n) is 2.52. The summed E-state index contributed by atoms with van der Waals surface area (Å²) in [6, 6.07) is 16.5. The number of phenolic OH excluding ortho intramolecular Hbond substituents is 1. The molecule has 2 aromatic carbocycles. The number of nitrogens with zero attached hydrogens (tertiary/aromatic N) is 4. The van der Waals surface area contributed by atoms with E-state index in [1.54, 1.807) is 35.5 Å². The van der Waals surface area contributed by atoms with E-state index in [4.69, 9.17) is 4.74 Å². The largest absolute Gasteiger partial charge is 0.507 e. The van der Waals surface area contributed by atoms with Crippen molar-refractivity contribution in [3.05, 3.63) is 78.5 Å². The third kappa shape index (κ3) is 4.73. The summed E-state index contributed by atoms with van der Waals surface area (Å²) in [4.78, 5) is 8.97. The average molecular weight is 374 g/mol. The molecule has 28 heavy (non-hydrogen) atoms. The van der Waals surface area contributed by atoms with Gasteiger partial charge in [0.05, 0.1) is 11.8 Å². The number of rotatable bonds is 7. The molecule has 6 heteroatoms. The molecule has 0 aliphatic rings. The van der Waals surface area contributed by atoms with Gasteiger partial charge in [-0.05, 0) is 48.9 Å². The average Bonchev–Trinajstić information content (AvgIpc) is 2.71. The first-order valence-electron chi connectivity index (χ1n) is 8.82. The number of hydrogen-bond donors (Lipinski definition) is 1. The molecule has 0 radical (unpaired) electrons. The van der Waals surface area contributed by atoms with Gasteiger partial charge in [0.25, 0.3) is 0 Å². The molecule has 0 saturated carbocycles. The Hall–Kier alpha value is -3.67. The number of aryl methyl sites for hydroxylation is 1. The molecule has 0 amide bonds. The van der Waals surface area contributed by atoms with Crippen LogP contribution in [0.15, 0.2) is 72.4 Å². The van der Waals surface area contributed by atoms with Crippen LogP contribution in [0.25, 0.3) is 11.4 Å². The van der Waals surface area contributed by atoms with E-state index in [9.17, 15) is 5.11 Å². The van der Waals surface area contributed by atoms with Crippen LogP contribution in [0.4, 0.5) is 5.82 Å². The van der Waals surface area contributed by atoms with Gasteiger partial charge in [-0.1, -0.05) is 24.8 Å². The van der Waals surface area contributed by atoms with E-state index in [0.717, 1.165) is 17.0 Å². The van der Waals surface area contributed by atoms with Crippen molar-refractivity contribution in [2.75, 3.05) is 18.7 Å². The van der Waals surface area contributed by atoms with Gasteiger partial charge in [-0.3, -0.25) is 5.01 Å². The number of benzene rings is 2. The van der Waals surface area contributed by atoms with Crippen LogP contribution in [0.1, 0.15) is 11.3 Å². The predicted octanol–water partition coefficient (Wildman–Crippen LogP) is 4.19. The van der Waals surface area contributed by atoms with Crippen LogP contribution in [0.3, 0.4) is 0 Å². The van der Waals surface area contributed by atoms with E-state index in [1.807, 2.05) is 50.4 Å². The summed E-state index contributed by atoms with van der Waals surface area (Å²) in [5, 5.41) is 16.2. The van der Waals surface area contributed by atoms with Gasteiger partial charge in [0.1, 0.15) is 18.1 Å². The minimum absolute atomic E-state index is 0.143. The fourth-order valence-corrected chi connectivity index (χ4v) is 2.52. The second-order valence-electron chi connectivity index (χ2n) is 6.15. The Bertz CT molecular complexity index is 984. The minimum atomic E-state index is 0.143. The first kappa shape index (κ1) is 19.1. The molecule has 0 spiro atoms. The van der Waals surface area contributed by atoms with Crippen LogP contribution in [-0.2, 0) is 0 Å². The number of aromatic hydroxyl groups is 1. The van der Waals surface area contributed by atoms with Crippen molar-refractivity contribution in [2.45, 2.75) is 6.92 Å². The molecule has 0 unspecified atom stereocenters. The molecular weight excluding hydrogens is 352 g/mol. The molecule has 142 valence electrons. The van der Waals surface area contributed by atoms with Crippen LogP contribution in [0, 0.1) is 6.92 Å². The van der Waals surface area contributed by atoms with E-state index in [-0.39, 0.29) is 5.75 Å². The lowest BCUT2D eigenvalue weighted by molar-refractivity contribution is 0.363. The molecule has 1 N–H and O–H groups in total. The van der Waals surface area contributed by atoms with Crippen molar-refractivity contribution >= 4 is 12.0 Å². The van der Waals surface area contributed by atoms with E-state index in [1.165, 1.54) is 0 Å². The predicted molar refractivity (Wildman–Crippen MR) is 112 cm³/mol. The molecule has 3 aromatic rings. The summed E-state index contributed by atoms with van der Waals surface area (Å²) < 4.78 is 5.47. The molecule has 0 bridgehead atoms. The van der Waals surface area contributed by atoms with Gasteiger partial charge < -0.3 is 9.84 Å². The molecule has 1 aromatic heterocycles. The Morgan fingerprint density at radius 1 is 1.14 bits per heavy atom. The monoisotopic (exact) mass is 374 g/mol. The lowest BCUT2D eigenvalue weighted by Crippen LogP contribution is -2.12. The highest BCUT2D eigenvalue weighted by molar-refractivity contribution is 5.80. The Labute approximate surface area is 164 Å². The van der Waals surface area contributed by atoms with E-state index < -0.39 is 0 Å². The SMILES string of the molecule is C=CCOc1ccc(C=NN(C)c2cc(C)nc(-c3ccccc3O)n2)cc1. The summed E-state index contributed by atoms with van der Waals surface area (Å²) in [6.45, 7) is 5.99. The highest BCUT2D eigenvalue weighted by Crippen LogP contribution is 2.27. The Balaban J connectivity index is 1.79. The first-order chi connectivity index (χ1) is 13.6. The summed E-state index contributed by atoms with van der Waals surface area (Å²) in [5.74, 6) is 2.01. The maximum absolute atomic E-state index is 10.1. The smallest absolute Gasteiger partial charge is 0.165 e. The highest BCUT2D eigenvalue weighted by atomic mass is 16.5. The van der Waals surface area contributed by atoms with Crippen molar-refractivity contribution < 1.29 is 9.84 Å². The van der Waals surface area contributed by atoms with Gasteiger partial charge in [0.15, 0.2) is 11.6 Å². The second-order valence-corrected chi connectivity index (χ2v) is 6.15. The number of phenols is 1. The van der Waals surface area contributed by atoms with Gasteiger partial charge in [-0.2, -0.15) is 5.10 Å². The van der Waals surface area contributed by atoms with Crippen LogP contribution in [0.5, 0.6) is 11.5 Å². The van der Waals surface area contributed by atoms with E-state index in [0.29, 0.717) is 23.8 Å². The zero-order valence-corrected chi connectivity index (χ0v) is 15.9. The topological polar surface area (TPSA) is 70.8 Å². The van der Waals surface area contributed by atoms with Gasteiger partial charge >= 0.3 is 0 Å². The third-order valence-electron chi connectivity index (χ3n) is 3.95. The number of hydrazone groups is 1. The van der Waals surface area contributed by atoms with Gasteiger partial charge in [0.2, 0.25) is 0 Å². The van der Waals surface area contributed by atoms with Crippen molar-refractivity contribution in [1.29, 1.82) is 0 Å². The van der Waals surface area contributed by atoms with Gasteiger partial charge in [0, 0.05) is 18.8 Å². The highest BCUT2D eigenvalue weighted by Gasteiger charge is 2.10. The normalized spacial score (nSPS) is 10.8. The summed E-state index contributed by atoms with van der Waals surface area (Å²) in [5.41, 5.74) is 2.30. The zero-order chi connectivity index (χ0) is 19.9. The van der Waals surface area contributed by atoms with Gasteiger partial charge in [-0.15, -0.1) is 0 Å². The Kier molecular flexibility index (Phi) is 6.01. The Morgan fingerprint density at radius 2 is 1.89 bits per heavy atom. The van der Waals surface area contributed by atoms with Crippen molar-refractivity contribution in [1.82, 2.24) is 9.97 Å². The molecular formula is C22H22N4O2. The molecule has 0 fully saturated rings. The zero-order valence-electron chi connectivity index (χ0n) is 15.9. The van der Waals surface area contributed by atoms with Crippen molar-refractivity contribution in [2.24, 2.45) is 5.10 Å². The molecule has 3 rings (SSSR count). The van der Waals surface area contributed by atoms with E-state index >= 15 is 0 Å². The maximum Gasteiger partial charge on any atom is 0.165 e. The first-order valence-corrected chi connectivity index (χ1v) is 8.82. The number of hydrogen-bond acceptors (Lipinski definition) is 6. The lowest BCUT2D eigenvalue weighted by Gasteiger charge is -2.14. The molecule has 0 saturated heterocycles. The lowest BCUT2D eigenvalue weighted by atomic mass is 10.2. The van der Waals surface area contributed by atoms with Crippen molar-refractivity contribution in [3.8, 4) is 22.9 Å². The van der Waals surface area contributed by atoms with Crippen LogP contribution < -0.4 is 9.75 Å². The number of para-hydroxylation sites is 1. The third-order valence-corrected chi connectivity index (χ3v) is 3.95. The van der Waals surface area contributed by atoms with Crippen LogP contribution in [0.2, 0.25) is 0 Å². The molecule has 0 atom stereocenters. The maximum atomic E-state index is 10.1. The fraction of sp³-hybridized carbons (Fsp3) is 0.136. The Morgan fingerprint density at radius 3 is 2.61 bits per heavy atom. The summed E-state index contributed by atoms with van der Waals surface area (Å²) in [6.07, 6.45) is 3.45. The van der Waals surface area contributed by atoms with Crippen LogP contribution in [-0.4, -0.2) is 34.9 Å². The summed E-state index contributed by atoms with van der Waals surface area (Å²) in [7, 11) is 1.81. The molecule has 1 heterocycles. The molecule has 6 nitrogen and oxygen atoms in total. The molecule has 0 aliphatic heterocycles. The number of ether oxygens (including phenoxy) is 1. The standard InChI is InChI=1S/C22H22N4O2/c1-4-13-28-18-11-9-17(10-12-18)15-23-26(3)21-14-16(2)24-22(25-21)19-7-5-6-8-20(19)27/h4-12,14-15,27H,1,13H2,2-3H3. The molecule has 0 aliphatic carbocycles. The number of anilines is 1. The number of aromatic nitrogens is 2. The summed E-state index contributed by atoms with van der Waals surface area (Å²) >= 11 is 0. The van der Waals surface area contributed by atoms with E-state index in [2.05, 4.69) is 21.6 Å². The minimum Gasteiger partial charge on any atom is -0.507 e. The van der Waals surface area contributed by atoms with Gasteiger partial charge in [-0.25, -0.2) is 9.97 Å². The second kappa shape index (κ2) is 8.81.